The Hall–Kier alpha value is -0.860. The third kappa shape index (κ3) is 4.79. The summed E-state index contributed by atoms with van der Waals surface area (Å²) >= 11 is 0. The molecule has 0 aliphatic rings. The second-order valence-corrected chi connectivity index (χ2v) is 5.05. The van der Waals surface area contributed by atoms with E-state index in [9.17, 15) is 0 Å². The van der Waals surface area contributed by atoms with E-state index in [1.807, 2.05) is 0 Å². The summed E-state index contributed by atoms with van der Waals surface area (Å²) in [5.74, 6) is 0. The summed E-state index contributed by atoms with van der Waals surface area (Å²) in [5, 5.41) is 3.44. The van der Waals surface area contributed by atoms with Gasteiger partial charge in [-0.25, -0.2) is 0 Å². The first-order valence-electron chi connectivity index (χ1n) is 7.17. The highest BCUT2D eigenvalue weighted by molar-refractivity contribution is 5.24. The number of nitrogens with one attached hydrogen (secondary N) is 1. The zero-order chi connectivity index (χ0) is 13.4. The fraction of sp³-hybridized carbons (Fsp3) is 0.625. The summed E-state index contributed by atoms with van der Waals surface area (Å²) in [4.78, 5) is 2.56. The molecule has 1 atom stereocenters. The Morgan fingerprint density at radius 3 is 2.06 bits per heavy atom. The Kier molecular flexibility index (Phi) is 6.99. The minimum absolute atomic E-state index is 0.434. The van der Waals surface area contributed by atoms with Crippen LogP contribution in [-0.4, -0.2) is 31.6 Å². The van der Waals surface area contributed by atoms with Gasteiger partial charge in [-0.2, -0.15) is 0 Å². The van der Waals surface area contributed by atoms with E-state index in [1.54, 1.807) is 0 Å². The summed E-state index contributed by atoms with van der Waals surface area (Å²) in [6.07, 6.45) is 2.45. The van der Waals surface area contributed by atoms with Gasteiger partial charge < -0.3 is 10.2 Å². The van der Waals surface area contributed by atoms with Gasteiger partial charge in [0, 0.05) is 12.6 Å². The number of benzene rings is 1. The smallest absolute Gasteiger partial charge is 0.0446 e. The molecule has 1 rings (SSSR count). The number of hydrogen-bond acceptors (Lipinski definition) is 2. The summed E-state index contributed by atoms with van der Waals surface area (Å²) < 4.78 is 0. The van der Waals surface area contributed by atoms with Crippen molar-refractivity contribution in [3.8, 4) is 0 Å². The number of hydrogen-bond donors (Lipinski definition) is 1. The highest BCUT2D eigenvalue weighted by Gasteiger charge is 2.13. The van der Waals surface area contributed by atoms with E-state index in [-0.39, 0.29) is 0 Å². The van der Waals surface area contributed by atoms with Crippen molar-refractivity contribution in [2.45, 2.75) is 39.7 Å². The molecule has 1 N–H and O–H groups in total. The Bertz CT molecular complexity index is 312. The van der Waals surface area contributed by atoms with Crippen LogP contribution in [0.1, 0.15) is 43.9 Å². The first-order chi connectivity index (χ1) is 8.71. The van der Waals surface area contributed by atoms with Gasteiger partial charge in [-0.3, -0.25) is 0 Å². The highest BCUT2D eigenvalue weighted by atomic mass is 15.1. The Morgan fingerprint density at radius 1 is 1.06 bits per heavy atom. The summed E-state index contributed by atoms with van der Waals surface area (Å²) in [6, 6.07) is 9.32. The third-order valence-electron chi connectivity index (χ3n) is 3.35. The molecule has 0 aliphatic heterocycles. The van der Waals surface area contributed by atoms with Crippen molar-refractivity contribution in [3.05, 3.63) is 35.4 Å². The lowest BCUT2D eigenvalue weighted by Gasteiger charge is -2.27. The van der Waals surface area contributed by atoms with Crippen molar-refractivity contribution in [1.29, 1.82) is 0 Å². The van der Waals surface area contributed by atoms with Crippen LogP contribution in [0, 0.1) is 6.92 Å². The Morgan fingerprint density at radius 2 is 1.61 bits per heavy atom. The molecule has 0 aromatic heterocycles. The predicted molar refractivity (Wildman–Crippen MR) is 80.0 cm³/mol. The van der Waals surface area contributed by atoms with Crippen LogP contribution >= 0.6 is 0 Å². The molecule has 0 radical (unpaired) electrons. The summed E-state index contributed by atoms with van der Waals surface area (Å²) in [5.41, 5.74) is 2.72. The van der Waals surface area contributed by atoms with E-state index in [1.165, 1.54) is 37.1 Å². The van der Waals surface area contributed by atoms with Gasteiger partial charge in [-0.1, -0.05) is 43.7 Å². The van der Waals surface area contributed by atoms with Crippen molar-refractivity contribution in [2.75, 3.05) is 26.7 Å². The topological polar surface area (TPSA) is 15.3 Å². The fourth-order valence-corrected chi connectivity index (χ4v) is 2.35. The molecule has 102 valence electrons. The molecule has 0 amide bonds. The van der Waals surface area contributed by atoms with Crippen LogP contribution in [0.3, 0.4) is 0 Å². The lowest BCUT2D eigenvalue weighted by molar-refractivity contribution is 0.247. The zero-order valence-electron chi connectivity index (χ0n) is 12.4. The maximum Gasteiger partial charge on any atom is 0.0446 e. The molecule has 1 unspecified atom stereocenters. The van der Waals surface area contributed by atoms with Crippen LogP contribution in [0.2, 0.25) is 0 Å². The van der Waals surface area contributed by atoms with Crippen LogP contribution in [0.5, 0.6) is 0 Å². The summed E-state index contributed by atoms with van der Waals surface area (Å²) in [6.45, 7) is 10.1. The van der Waals surface area contributed by atoms with Gasteiger partial charge >= 0.3 is 0 Å². The van der Waals surface area contributed by atoms with Gasteiger partial charge in [0.25, 0.3) is 0 Å². The van der Waals surface area contributed by atoms with Gasteiger partial charge in [-0.05, 0) is 45.5 Å². The van der Waals surface area contributed by atoms with Gasteiger partial charge in [0.2, 0.25) is 0 Å². The van der Waals surface area contributed by atoms with Crippen molar-refractivity contribution in [3.63, 3.8) is 0 Å². The van der Waals surface area contributed by atoms with Crippen LogP contribution in [0.4, 0.5) is 0 Å². The first-order valence-corrected chi connectivity index (χ1v) is 7.17. The second kappa shape index (κ2) is 8.28. The average molecular weight is 248 g/mol. The number of likely N-dealkylation sites (N-methyl/N-ethyl adjacent to an activating group) is 1. The predicted octanol–water partition coefficient (Wildman–Crippen LogP) is 3.38. The molecule has 0 aliphatic carbocycles. The van der Waals surface area contributed by atoms with E-state index in [0.717, 1.165) is 6.54 Å². The van der Waals surface area contributed by atoms with E-state index >= 15 is 0 Å². The number of aryl methyl sites for hydroxylation is 1. The second-order valence-electron chi connectivity index (χ2n) is 5.05. The number of nitrogens with zero attached hydrogens (tertiary/aromatic N) is 1. The molecule has 0 fully saturated rings. The zero-order valence-corrected chi connectivity index (χ0v) is 12.4. The van der Waals surface area contributed by atoms with Crippen LogP contribution < -0.4 is 5.32 Å². The Labute approximate surface area is 112 Å². The van der Waals surface area contributed by atoms with Crippen molar-refractivity contribution in [1.82, 2.24) is 10.2 Å². The molecule has 2 heteroatoms. The van der Waals surface area contributed by atoms with E-state index in [0.29, 0.717) is 6.04 Å². The minimum atomic E-state index is 0.434. The quantitative estimate of drug-likeness (QED) is 0.759. The van der Waals surface area contributed by atoms with Gasteiger partial charge in [0.05, 0.1) is 0 Å². The maximum atomic E-state index is 3.44. The van der Waals surface area contributed by atoms with Gasteiger partial charge in [0.15, 0.2) is 0 Å². The lowest BCUT2D eigenvalue weighted by Crippen LogP contribution is -2.35. The standard InChI is InChI=1S/C16H28N2/c1-5-11-18(12-6-2)13-16(17-4)15-9-7-14(3)8-10-15/h7-10,16-17H,5-6,11-13H2,1-4H3. The lowest BCUT2D eigenvalue weighted by atomic mass is 10.0. The molecule has 1 aromatic carbocycles. The molecule has 0 bridgehead atoms. The molecule has 1 aromatic rings. The van der Waals surface area contributed by atoms with Crippen LogP contribution in [-0.2, 0) is 0 Å². The minimum Gasteiger partial charge on any atom is -0.312 e. The van der Waals surface area contributed by atoms with Crippen LogP contribution in [0.25, 0.3) is 0 Å². The monoisotopic (exact) mass is 248 g/mol. The fourth-order valence-electron chi connectivity index (χ4n) is 2.35. The normalized spacial score (nSPS) is 12.9. The van der Waals surface area contributed by atoms with Crippen molar-refractivity contribution >= 4 is 0 Å². The molecular weight excluding hydrogens is 220 g/mol. The molecule has 18 heavy (non-hydrogen) atoms. The SMILES string of the molecule is CCCN(CCC)CC(NC)c1ccc(C)cc1. The van der Waals surface area contributed by atoms with Crippen molar-refractivity contribution in [2.24, 2.45) is 0 Å². The third-order valence-corrected chi connectivity index (χ3v) is 3.35. The molecule has 0 spiro atoms. The van der Waals surface area contributed by atoms with E-state index in [4.69, 9.17) is 0 Å². The van der Waals surface area contributed by atoms with Gasteiger partial charge in [0.1, 0.15) is 0 Å². The van der Waals surface area contributed by atoms with Crippen LogP contribution in [0.15, 0.2) is 24.3 Å². The van der Waals surface area contributed by atoms with E-state index < -0.39 is 0 Å². The maximum absolute atomic E-state index is 3.44. The largest absolute Gasteiger partial charge is 0.312 e. The average Bonchev–Trinajstić information content (AvgIpc) is 2.37. The molecular formula is C16H28N2. The molecule has 0 saturated heterocycles. The summed E-state index contributed by atoms with van der Waals surface area (Å²) in [7, 11) is 2.06. The highest BCUT2D eigenvalue weighted by Crippen LogP contribution is 2.15. The first kappa shape index (κ1) is 15.2. The van der Waals surface area contributed by atoms with E-state index in [2.05, 4.69) is 62.3 Å². The Balaban J connectivity index is 2.67. The number of rotatable bonds is 8. The molecule has 0 saturated carbocycles. The van der Waals surface area contributed by atoms with Gasteiger partial charge in [-0.15, -0.1) is 0 Å². The molecule has 2 nitrogen and oxygen atoms in total. The van der Waals surface area contributed by atoms with Crippen molar-refractivity contribution < 1.29 is 0 Å². The molecule has 0 heterocycles.